The van der Waals surface area contributed by atoms with Crippen LogP contribution in [0.25, 0.3) is 0 Å². The highest BCUT2D eigenvalue weighted by atomic mass is 35.5. The molecule has 0 aliphatic rings. The number of alkyl halides is 1. The molecular weight excluding hydrogens is 244 g/mol. The van der Waals surface area contributed by atoms with Gasteiger partial charge in [0.25, 0.3) is 0 Å². The first-order chi connectivity index (χ1) is 8.02. The number of benzene rings is 1. The van der Waals surface area contributed by atoms with E-state index in [4.69, 9.17) is 16.3 Å². The molecular formula is C11H13ClN2O3. The van der Waals surface area contributed by atoms with Crippen molar-refractivity contribution in [3.05, 3.63) is 24.3 Å². The molecule has 92 valence electrons. The summed E-state index contributed by atoms with van der Waals surface area (Å²) in [6, 6.07) is 6.15. The number of urea groups is 1. The predicted molar refractivity (Wildman–Crippen MR) is 65.5 cm³/mol. The van der Waals surface area contributed by atoms with E-state index < -0.39 is 17.3 Å². The Balaban J connectivity index is 2.59. The Morgan fingerprint density at radius 3 is 2.71 bits per heavy atom. The minimum absolute atomic E-state index is 0.525. The maximum Gasteiger partial charge on any atom is 0.325 e. The van der Waals surface area contributed by atoms with Gasteiger partial charge in [-0.25, -0.2) is 4.79 Å². The van der Waals surface area contributed by atoms with Crippen LogP contribution in [-0.4, -0.2) is 24.4 Å². The fourth-order valence-electron chi connectivity index (χ4n) is 1.07. The van der Waals surface area contributed by atoms with E-state index in [9.17, 15) is 9.59 Å². The lowest BCUT2D eigenvalue weighted by Gasteiger charge is -2.08. The third-order valence-electron chi connectivity index (χ3n) is 1.93. The second-order valence-electron chi connectivity index (χ2n) is 3.29. The second-order valence-corrected chi connectivity index (χ2v) is 3.95. The van der Waals surface area contributed by atoms with E-state index >= 15 is 0 Å². The van der Waals surface area contributed by atoms with E-state index in [0.717, 1.165) is 0 Å². The summed E-state index contributed by atoms with van der Waals surface area (Å²) in [6.07, 6.45) is 0. The highest BCUT2D eigenvalue weighted by molar-refractivity contribution is 6.31. The first-order valence-corrected chi connectivity index (χ1v) is 5.36. The smallest absolute Gasteiger partial charge is 0.325 e. The van der Waals surface area contributed by atoms with Crippen LogP contribution in [0.5, 0.6) is 5.75 Å². The molecule has 0 heterocycles. The van der Waals surface area contributed by atoms with Crippen LogP contribution in [0.1, 0.15) is 6.92 Å². The second kappa shape index (κ2) is 6.10. The molecule has 0 saturated carbocycles. The molecule has 0 aliphatic heterocycles. The quantitative estimate of drug-likeness (QED) is 0.813. The lowest BCUT2D eigenvalue weighted by molar-refractivity contribution is -0.119. The van der Waals surface area contributed by atoms with E-state index in [-0.39, 0.29) is 0 Å². The average Bonchev–Trinajstić information content (AvgIpc) is 2.28. The summed E-state index contributed by atoms with van der Waals surface area (Å²) in [4.78, 5) is 22.5. The minimum atomic E-state index is -0.758. The van der Waals surface area contributed by atoms with Gasteiger partial charge in [0, 0.05) is 11.8 Å². The topological polar surface area (TPSA) is 67.4 Å². The summed E-state index contributed by atoms with van der Waals surface area (Å²) in [6.45, 7) is 1.48. The number of anilines is 1. The van der Waals surface area contributed by atoms with E-state index in [1.807, 2.05) is 0 Å². The number of amides is 3. The Labute approximate surface area is 104 Å². The third kappa shape index (κ3) is 4.32. The van der Waals surface area contributed by atoms with Gasteiger partial charge in [0.15, 0.2) is 0 Å². The van der Waals surface area contributed by atoms with Crippen LogP contribution >= 0.6 is 11.6 Å². The van der Waals surface area contributed by atoms with Crippen molar-refractivity contribution in [2.45, 2.75) is 12.3 Å². The summed E-state index contributed by atoms with van der Waals surface area (Å²) < 4.78 is 5.00. The maximum atomic E-state index is 11.4. The van der Waals surface area contributed by atoms with Gasteiger partial charge in [0.05, 0.1) is 7.11 Å². The number of carbonyl (C=O) groups is 2. The molecule has 3 amide bonds. The number of imide groups is 1. The summed E-state index contributed by atoms with van der Waals surface area (Å²) in [5.74, 6) is 0.0619. The van der Waals surface area contributed by atoms with E-state index in [0.29, 0.717) is 11.4 Å². The van der Waals surface area contributed by atoms with Gasteiger partial charge in [0.1, 0.15) is 11.1 Å². The zero-order chi connectivity index (χ0) is 12.8. The standard InChI is InChI=1S/C11H13ClN2O3/c1-7(12)10(15)14-11(16)13-8-4-3-5-9(6-8)17-2/h3-7H,1-2H3,(H2,13,14,15,16). The first-order valence-electron chi connectivity index (χ1n) is 4.93. The van der Waals surface area contributed by atoms with Gasteiger partial charge in [-0.2, -0.15) is 0 Å². The SMILES string of the molecule is COc1cccc(NC(=O)NC(=O)C(C)Cl)c1. The zero-order valence-corrected chi connectivity index (χ0v) is 10.2. The molecule has 6 heteroatoms. The Kier molecular flexibility index (Phi) is 4.78. The van der Waals surface area contributed by atoms with Crippen LogP contribution in [-0.2, 0) is 4.79 Å². The highest BCUT2D eigenvalue weighted by Gasteiger charge is 2.12. The van der Waals surface area contributed by atoms with Crippen LogP contribution in [0.3, 0.4) is 0 Å². The Hall–Kier alpha value is -1.75. The highest BCUT2D eigenvalue weighted by Crippen LogP contribution is 2.16. The minimum Gasteiger partial charge on any atom is -0.497 e. The lowest BCUT2D eigenvalue weighted by Crippen LogP contribution is -2.38. The molecule has 5 nitrogen and oxygen atoms in total. The average molecular weight is 257 g/mol. The van der Waals surface area contributed by atoms with Crippen molar-refractivity contribution < 1.29 is 14.3 Å². The molecule has 1 aromatic carbocycles. The largest absolute Gasteiger partial charge is 0.497 e. The molecule has 1 atom stereocenters. The number of rotatable bonds is 3. The van der Waals surface area contributed by atoms with Crippen molar-refractivity contribution in [1.82, 2.24) is 5.32 Å². The van der Waals surface area contributed by atoms with Gasteiger partial charge in [0.2, 0.25) is 5.91 Å². The van der Waals surface area contributed by atoms with Crippen LogP contribution < -0.4 is 15.4 Å². The number of methoxy groups -OCH3 is 1. The monoisotopic (exact) mass is 256 g/mol. The molecule has 0 bridgehead atoms. The Morgan fingerprint density at radius 1 is 1.41 bits per heavy atom. The molecule has 0 aromatic heterocycles. The van der Waals surface area contributed by atoms with Gasteiger partial charge in [-0.1, -0.05) is 6.07 Å². The summed E-state index contributed by atoms with van der Waals surface area (Å²) >= 11 is 5.51. The van der Waals surface area contributed by atoms with Crippen molar-refractivity contribution in [1.29, 1.82) is 0 Å². The zero-order valence-electron chi connectivity index (χ0n) is 9.49. The maximum absolute atomic E-state index is 11.4. The number of halogens is 1. The lowest BCUT2D eigenvalue weighted by atomic mass is 10.3. The normalized spacial score (nSPS) is 11.5. The molecule has 0 spiro atoms. The number of ether oxygens (including phenoxy) is 1. The van der Waals surface area contributed by atoms with Gasteiger partial charge in [-0.3, -0.25) is 10.1 Å². The molecule has 17 heavy (non-hydrogen) atoms. The summed E-state index contributed by atoms with van der Waals surface area (Å²) in [7, 11) is 1.53. The van der Waals surface area contributed by atoms with Crippen molar-refractivity contribution in [2.75, 3.05) is 12.4 Å². The summed E-state index contributed by atoms with van der Waals surface area (Å²) in [5, 5.41) is 3.84. The molecule has 0 fully saturated rings. The van der Waals surface area contributed by atoms with E-state index in [2.05, 4.69) is 10.6 Å². The van der Waals surface area contributed by atoms with Crippen molar-refractivity contribution >= 4 is 29.2 Å². The van der Waals surface area contributed by atoms with Crippen molar-refractivity contribution in [3.8, 4) is 5.75 Å². The van der Waals surface area contributed by atoms with Gasteiger partial charge < -0.3 is 10.1 Å². The van der Waals surface area contributed by atoms with Crippen LogP contribution in [0.2, 0.25) is 0 Å². The summed E-state index contributed by atoms with van der Waals surface area (Å²) in [5.41, 5.74) is 0.525. The number of hydrogen-bond donors (Lipinski definition) is 2. The first kappa shape index (κ1) is 13.3. The van der Waals surface area contributed by atoms with Crippen LogP contribution in [0.4, 0.5) is 10.5 Å². The van der Waals surface area contributed by atoms with E-state index in [1.54, 1.807) is 24.3 Å². The number of hydrogen-bond acceptors (Lipinski definition) is 3. The molecule has 0 saturated heterocycles. The fraction of sp³-hybridized carbons (Fsp3) is 0.273. The number of carbonyl (C=O) groups excluding carboxylic acids is 2. The molecule has 2 N–H and O–H groups in total. The van der Waals surface area contributed by atoms with Gasteiger partial charge in [-0.05, 0) is 19.1 Å². The predicted octanol–water partition coefficient (Wildman–Crippen LogP) is 1.97. The van der Waals surface area contributed by atoms with Gasteiger partial charge >= 0.3 is 6.03 Å². The van der Waals surface area contributed by atoms with Crippen LogP contribution in [0, 0.1) is 0 Å². The van der Waals surface area contributed by atoms with Gasteiger partial charge in [-0.15, -0.1) is 11.6 Å². The molecule has 1 unspecified atom stereocenters. The van der Waals surface area contributed by atoms with Crippen LogP contribution in [0.15, 0.2) is 24.3 Å². The van der Waals surface area contributed by atoms with Crippen molar-refractivity contribution in [2.24, 2.45) is 0 Å². The Bertz CT molecular complexity index is 421. The molecule has 1 rings (SSSR count). The molecule has 1 aromatic rings. The van der Waals surface area contributed by atoms with Crippen molar-refractivity contribution in [3.63, 3.8) is 0 Å². The Morgan fingerprint density at radius 2 is 2.12 bits per heavy atom. The number of nitrogens with one attached hydrogen (secondary N) is 2. The third-order valence-corrected chi connectivity index (χ3v) is 2.12. The fourth-order valence-corrected chi connectivity index (χ4v) is 1.13. The molecule has 0 radical (unpaired) electrons. The van der Waals surface area contributed by atoms with E-state index in [1.165, 1.54) is 14.0 Å². The molecule has 0 aliphatic carbocycles.